The van der Waals surface area contributed by atoms with E-state index in [-0.39, 0.29) is 14.9 Å². The van der Waals surface area contributed by atoms with Crippen LogP contribution in [0.4, 0.5) is 0 Å². The van der Waals surface area contributed by atoms with E-state index in [0.29, 0.717) is 28.5 Å². The van der Waals surface area contributed by atoms with Crippen LogP contribution in [0.3, 0.4) is 0 Å². The van der Waals surface area contributed by atoms with Crippen molar-refractivity contribution in [1.29, 1.82) is 0 Å². The van der Waals surface area contributed by atoms with E-state index in [4.69, 9.17) is 46.4 Å². The van der Waals surface area contributed by atoms with Gasteiger partial charge in [-0.1, -0.05) is 70.7 Å². The lowest BCUT2D eigenvalue weighted by molar-refractivity contribution is -0.139. The van der Waals surface area contributed by atoms with Crippen LogP contribution in [0.2, 0.25) is 20.1 Å². The highest BCUT2D eigenvalue weighted by atomic mass is 35.5. The van der Waals surface area contributed by atoms with Gasteiger partial charge in [0.25, 0.3) is 0 Å². The normalized spacial score (nSPS) is 15.2. The molecule has 3 aromatic rings. The molecule has 1 aliphatic rings. The lowest BCUT2D eigenvalue weighted by Gasteiger charge is -2.49. The number of carbonyl (C=O) groups is 1. The number of nitrogens with zero attached hydrogens (tertiary/aromatic N) is 1. The van der Waals surface area contributed by atoms with Gasteiger partial charge in [-0.3, -0.25) is 4.79 Å². The number of sulfonamides is 1. The molecule has 1 fully saturated rings. The van der Waals surface area contributed by atoms with E-state index >= 15 is 0 Å². The number of benzene rings is 3. The molecule has 1 N–H and O–H groups in total. The number of halogens is 4. The molecule has 0 amide bonds. The Morgan fingerprint density at radius 2 is 1.65 bits per heavy atom. The van der Waals surface area contributed by atoms with E-state index in [0.717, 1.165) is 21.9 Å². The summed E-state index contributed by atoms with van der Waals surface area (Å²) in [6, 6.07) is 16.4. The quantitative estimate of drug-likeness (QED) is 0.335. The summed E-state index contributed by atoms with van der Waals surface area (Å²) < 4.78 is 28.5. The van der Waals surface area contributed by atoms with Gasteiger partial charge in [-0.2, -0.15) is 4.31 Å². The molecule has 10 heteroatoms. The first-order chi connectivity index (χ1) is 16.0. The summed E-state index contributed by atoms with van der Waals surface area (Å²) in [6.45, 7) is -0.700. The largest absolute Gasteiger partial charge is 0.480 e. The van der Waals surface area contributed by atoms with Gasteiger partial charge < -0.3 is 5.11 Å². The Balaban J connectivity index is 1.84. The van der Waals surface area contributed by atoms with Crippen LogP contribution >= 0.6 is 46.4 Å². The van der Waals surface area contributed by atoms with Gasteiger partial charge in [0.05, 0.1) is 20.5 Å². The Morgan fingerprint density at radius 3 is 2.24 bits per heavy atom. The average Bonchev–Trinajstić information content (AvgIpc) is 2.74. The van der Waals surface area contributed by atoms with Crippen LogP contribution in [0.25, 0.3) is 11.1 Å². The van der Waals surface area contributed by atoms with Crippen LogP contribution in [-0.2, 0) is 20.4 Å². The van der Waals surface area contributed by atoms with Crippen LogP contribution in [0, 0.1) is 0 Å². The molecule has 178 valence electrons. The zero-order valence-electron chi connectivity index (χ0n) is 17.6. The maximum atomic E-state index is 13.7. The number of carboxylic acids is 1. The molecule has 0 bridgehead atoms. The number of carboxylic acid groups (broad SMARTS) is 1. The first kappa shape index (κ1) is 25.3. The van der Waals surface area contributed by atoms with E-state index < -0.39 is 28.1 Å². The molecule has 0 aromatic heterocycles. The minimum absolute atomic E-state index is 0.0695. The molecule has 0 spiro atoms. The zero-order valence-corrected chi connectivity index (χ0v) is 21.5. The highest BCUT2D eigenvalue weighted by Gasteiger charge is 2.50. The van der Waals surface area contributed by atoms with Crippen LogP contribution in [-0.4, -0.2) is 30.3 Å². The lowest BCUT2D eigenvalue weighted by atomic mass is 9.71. The van der Waals surface area contributed by atoms with Crippen molar-refractivity contribution in [2.24, 2.45) is 0 Å². The highest BCUT2D eigenvalue weighted by molar-refractivity contribution is 7.89. The first-order valence-electron chi connectivity index (χ1n) is 10.3. The third kappa shape index (κ3) is 4.68. The fourth-order valence-electron chi connectivity index (χ4n) is 4.25. The van der Waals surface area contributed by atoms with Crippen LogP contribution in [0.15, 0.2) is 65.6 Å². The van der Waals surface area contributed by atoms with E-state index in [2.05, 4.69) is 0 Å². The molecule has 1 saturated carbocycles. The minimum atomic E-state index is -4.23. The van der Waals surface area contributed by atoms with Crippen molar-refractivity contribution in [1.82, 2.24) is 4.31 Å². The summed E-state index contributed by atoms with van der Waals surface area (Å²) in [5, 5.41) is 10.9. The maximum Gasteiger partial charge on any atom is 0.318 e. The van der Waals surface area contributed by atoms with Crippen molar-refractivity contribution in [3.63, 3.8) is 0 Å². The average molecular weight is 559 g/mol. The Morgan fingerprint density at radius 1 is 0.912 bits per heavy atom. The minimum Gasteiger partial charge on any atom is -0.480 e. The molecular formula is C24H19Cl4NO4S. The van der Waals surface area contributed by atoms with E-state index in [1.165, 1.54) is 18.2 Å². The molecule has 0 atom stereocenters. The smallest absolute Gasteiger partial charge is 0.318 e. The van der Waals surface area contributed by atoms with E-state index in [9.17, 15) is 18.3 Å². The van der Waals surface area contributed by atoms with Gasteiger partial charge in [0.2, 0.25) is 10.0 Å². The number of aliphatic carboxylic acids is 1. The lowest BCUT2D eigenvalue weighted by Crippen LogP contribution is -2.55. The van der Waals surface area contributed by atoms with Crippen LogP contribution in [0.1, 0.15) is 24.8 Å². The standard InChI is InChI=1S/C24H19Cl4NO4S/c25-17-5-7-19(21(27)12-17)15-3-1-4-16(11-15)24(9-2-10-24)29(14-23(30)31)34(32,33)18-6-8-20(26)22(28)13-18/h1,3-8,11-13H,2,9-10,14H2,(H,30,31). The predicted octanol–water partition coefficient (Wildman–Crippen LogP) is 7.12. The first-order valence-corrected chi connectivity index (χ1v) is 13.3. The number of rotatable bonds is 7. The van der Waals surface area contributed by atoms with Gasteiger partial charge in [-0.25, -0.2) is 8.42 Å². The molecule has 34 heavy (non-hydrogen) atoms. The second-order valence-electron chi connectivity index (χ2n) is 8.07. The molecule has 3 aromatic carbocycles. The number of hydrogen-bond acceptors (Lipinski definition) is 3. The van der Waals surface area contributed by atoms with Gasteiger partial charge >= 0.3 is 5.97 Å². The van der Waals surface area contributed by atoms with Crippen molar-refractivity contribution in [3.05, 3.63) is 86.3 Å². The Bertz CT molecular complexity index is 1370. The van der Waals surface area contributed by atoms with Crippen molar-refractivity contribution in [2.45, 2.75) is 29.7 Å². The SMILES string of the molecule is O=C(O)CN(C1(c2cccc(-c3ccc(Cl)cc3Cl)c2)CCC1)S(=O)(=O)c1ccc(Cl)c(Cl)c1. The molecule has 0 aliphatic heterocycles. The predicted molar refractivity (Wildman–Crippen MR) is 135 cm³/mol. The molecule has 1 aliphatic carbocycles. The summed E-state index contributed by atoms with van der Waals surface area (Å²) >= 11 is 24.5. The molecular weight excluding hydrogens is 540 g/mol. The third-order valence-electron chi connectivity index (χ3n) is 6.06. The zero-order chi connectivity index (χ0) is 24.7. The van der Waals surface area contributed by atoms with Crippen LogP contribution in [0.5, 0.6) is 0 Å². The second kappa shape index (κ2) is 9.69. The molecule has 0 saturated heterocycles. The monoisotopic (exact) mass is 557 g/mol. The van der Waals surface area contributed by atoms with E-state index in [1.54, 1.807) is 24.3 Å². The van der Waals surface area contributed by atoms with E-state index in [1.807, 2.05) is 18.2 Å². The van der Waals surface area contributed by atoms with Gasteiger partial charge in [0.15, 0.2) is 0 Å². The second-order valence-corrected chi connectivity index (χ2v) is 11.6. The highest BCUT2D eigenvalue weighted by Crippen LogP contribution is 2.49. The Labute approximate surface area is 217 Å². The summed E-state index contributed by atoms with van der Waals surface area (Å²) in [7, 11) is -4.23. The summed E-state index contributed by atoms with van der Waals surface area (Å²) in [4.78, 5) is 11.7. The number of hydrogen-bond donors (Lipinski definition) is 1. The van der Waals surface area contributed by atoms with Crippen molar-refractivity contribution < 1.29 is 18.3 Å². The summed E-state index contributed by atoms with van der Waals surface area (Å²) in [5.41, 5.74) is 1.16. The molecule has 0 radical (unpaired) electrons. The fourth-order valence-corrected chi connectivity index (χ4v) is 6.92. The topological polar surface area (TPSA) is 74.7 Å². The van der Waals surface area contributed by atoms with Gasteiger partial charge in [0, 0.05) is 15.6 Å². The molecule has 5 nitrogen and oxygen atoms in total. The molecule has 4 rings (SSSR count). The summed E-state index contributed by atoms with van der Waals surface area (Å²) in [6.07, 6.45) is 1.69. The van der Waals surface area contributed by atoms with Gasteiger partial charge in [0.1, 0.15) is 6.54 Å². The van der Waals surface area contributed by atoms with Crippen molar-refractivity contribution >= 4 is 62.4 Å². The van der Waals surface area contributed by atoms with Crippen LogP contribution < -0.4 is 0 Å². The summed E-state index contributed by atoms with van der Waals surface area (Å²) in [5.74, 6) is -1.26. The fraction of sp³-hybridized carbons (Fsp3) is 0.208. The molecule has 0 unspecified atom stereocenters. The Hall–Kier alpha value is -1.80. The van der Waals surface area contributed by atoms with Gasteiger partial charge in [-0.05, 0) is 66.8 Å². The maximum absolute atomic E-state index is 13.7. The Kier molecular flexibility index (Phi) is 7.21. The molecule has 0 heterocycles. The van der Waals surface area contributed by atoms with Crippen molar-refractivity contribution in [3.8, 4) is 11.1 Å². The third-order valence-corrected chi connectivity index (χ3v) is 9.25. The van der Waals surface area contributed by atoms with Crippen molar-refractivity contribution in [2.75, 3.05) is 6.54 Å². The van der Waals surface area contributed by atoms with Gasteiger partial charge in [-0.15, -0.1) is 0 Å².